The van der Waals surface area contributed by atoms with Gasteiger partial charge in [0.2, 0.25) is 0 Å². The molecular formula is C13H15NO4. The Bertz CT molecular complexity index is 498. The number of ketones is 2. The number of carbonyl (C=O) groups is 2. The van der Waals surface area contributed by atoms with Crippen molar-refractivity contribution in [2.75, 3.05) is 20.1 Å². The van der Waals surface area contributed by atoms with Gasteiger partial charge in [0.1, 0.15) is 11.5 Å². The van der Waals surface area contributed by atoms with E-state index in [1.165, 1.54) is 12.1 Å². The summed E-state index contributed by atoms with van der Waals surface area (Å²) in [5.41, 5.74) is 0.0932. The molecule has 1 saturated heterocycles. The van der Waals surface area contributed by atoms with Crippen molar-refractivity contribution in [3.63, 3.8) is 0 Å². The number of piperidine rings is 1. The Kier molecular flexibility index (Phi) is 3.34. The fraction of sp³-hybridized carbons (Fsp3) is 0.385. The predicted octanol–water partition coefficient (Wildman–Crippen LogP) is 0.801. The van der Waals surface area contributed by atoms with Crippen LogP contribution in [-0.4, -0.2) is 46.8 Å². The van der Waals surface area contributed by atoms with Gasteiger partial charge in [0.25, 0.3) is 0 Å². The van der Waals surface area contributed by atoms with Crippen molar-refractivity contribution in [3.8, 4) is 11.5 Å². The van der Waals surface area contributed by atoms with Gasteiger partial charge in [-0.1, -0.05) is 0 Å². The van der Waals surface area contributed by atoms with E-state index in [9.17, 15) is 19.8 Å². The van der Waals surface area contributed by atoms with E-state index in [-0.39, 0.29) is 35.2 Å². The maximum Gasteiger partial charge on any atom is 0.177 e. The van der Waals surface area contributed by atoms with Crippen molar-refractivity contribution in [3.05, 3.63) is 23.8 Å². The normalized spacial score (nSPS) is 20.9. The van der Waals surface area contributed by atoms with Gasteiger partial charge >= 0.3 is 0 Å². The molecule has 1 fully saturated rings. The Morgan fingerprint density at radius 3 is 2.72 bits per heavy atom. The molecule has 1 aliphatic rings. The van der Waals surface area contributed by atoms with Crippen LogP contribution < -0.4 is 0 Å². The van der Waals surface area contributed by atoms with Gasteiger partial charge in [-0.2, -0.15) is 0 Å². The number of aromatic hydroxyl groups is 2. The van der Waals surface area contributed by atoms with E-state index < -0.39 is 5.92 Å². The van der Waals surface area contributed by atoms with Gasteiger partial charge in [0.05, 0.1) is 18.0 Å². The molecule has 1 atom stereocenters. The van der Waals surface area contributed by atoms with Crippen LogP contribution in [0.5, 0.6) is 11.5 Å². The van der Waals surface area contributed by atoms with Crippen molar-refractivity contribution >= 4 is 11.6 Å². The SMILES string of the molecule is CN1CCC(C(=O)c2ccc(O)cc2O)C(=O)C1. The fourth-order valence-corrected chi connectivity index (χ4v) is 2.16. The van der Waals surface area contributed by atoms with Gasteiger partial charge < -0.3 is 10.2 Å². The van der Waals surface area contributed by atoms with Crippen LogP contribution in [0.1, 0.15) is 16.8 Å². The molecular weight excluding hydrogens is 234 g/mol. The van der Waals surface area contributed by atoms with E-state index in [1.807, 2.05) is 11.9 Å². The topological polar surface area (TPSA) is 77.8 Å². The summed E-state index contributed by atoms with van der Waals surface area (Å²) in [5, 5.41) is 18.8. The molecule has 0 bridgehead atoms. The number of likely N-dealkylation sites (N-methyl/N-ethyl adjacent to an activating group) is 1. The first-order valence-corrected chi connectivity index (χ1v) is 5.76. The van der Waals surface area contributed by atoms with Crippen molar-refractivity contribution in [1.29, 1.82) is 0 Å². The largest absolute Gasteiger partial charge is 0.508 e. The van der Waals surface area contributed by atoms with Crippen LogP contribution in [0.4, 0.5) is 0 Å². The summed E-state index contributed by atoms with van der Waals surface area (Å²) in [6.45, 7) is 0.941. The third kappa shape index (κ3) is 2.36. The van der Waals surface area contributed by atoms with Crippen molar-refractivity contribution in [1.82, 2.24) is 4.90 Å². The summed E-state index contributed by atoms with van der Waals surface area (Å²) in [4.78, 5) is 25.8. The second-order valence-electron chi connectivity index (χ2n) is 4.61. The highest BCUT2D eigenvalue weighted by molar-refractivity contribution is 6.12. The molecule has 1 aromatic carbocycles. The van der Waals surface area contributed by atoms with Crippen molar-refractivity contribution < 1.29 is 19.8 Å². The number of benzene rings is 1. The van der Waals surface area contributed by atoms with Gasteiger partial charge in [-0.3, -0.25) is 14.5 Å². The van der Waals surface area contributed by atoms with Crippen molar-refractivity contribution in [2.45, 2.75) is 6.42 Å². The maximum absolute atomic E-state index is 12.2. The molecule has 96 valence electrons. The minimum atomic E-state index is -0.684. The summed E-state index contributed by atoms with van der Waals surface area (Å²) in [7, 11) is 1.83. The molecule has 1 aromatic rings. The van der Waals surface area contributed by atoms with Crippen molar-refractivity contribution in [2.24, 2.45) is 5.92 Å². The Balaban J connectivity index is 2.23. The van der Waals surface area contributed by atoms with Crippen LogP contribution >= 0.6 is 0 Å². The first-order valence-electron chi connectivity index (χ1n) is 5.76. The van der Waals surface area contributed by atoms with E-state index in [0.717, 1.165) is 6.07 Å². The number of carbonyl (C=O) groups excluding carboxylic acids is 2. The Labute approximate surface area is 105 Å². The van der Waals surface area contributed by atoms with Gasteiger partial charge in [-0.05, 0) is 32.1 Å². The number of phenolic OH excluding ortho intramolecular Hbond substituents is 2. The molecule has 5 heteroatoms. The van der Waals surface area contributed by atoms with Gasteiger partial charge in [0.15, 0.2) is 11.6 Å². The monoisotopic (exact) mass is 249 g/mol. The number of phenols is 2. The smallest absolute Gasteiger partial charge is 0.177 e. The minimum absolute atomic E-state index is 0.0932. The van der Waals surface area contributed by atoms with E-state index in [4.69, 9.17) is 0 Å². The Morgan fingerprint density at radius 2 is 2.11 bits per heavy atom. The molecule has 0 aliphatic carbocycles. The summed E-state index contributed by atoms with van der Waals surface area (Å²) in [6, 6.07) is 3.78. The Morgan fingerprint density at radius 1 is 1.39 bits per heavy atom. The molecule has 1 unspecified atom stereocenters. The standard InChI is InChI=1S/C13H15NO4/c1-14-5-4-10(12(17)7-14)13(18)9-3-2-8(15)6-11(9)16/h2-3,6,10,15-16H,4-5,7H2,1H3. The Hall–Kier alpha value is -1.88. The van der Waals surface area contributed by atoms with Crippen LogP contribution in [-0.2, 0) is 4.79 Å². The van der Waals surface area contributed by atoms with Gasteiger partial charge in [-0.25, -0.2) is 0 Å². The summed E-state index contributed by atoms with van der Waals surface area (Å²) >= 11 is 0. The highest BCUT2D eigenvalue weighted by Crippen LogP contribution is 2.27. The number of hydrogen-bond donors (Lipinski definition) is 2. The van der Waals surface area contributed by atoms with Crippen LogP contribution in [0.25, 0.3) is 0 Å². The average Bonchev–Trinajstić information content (AvgIpc) is 2.28. The third-order valence-corrected chi connectivity index (χ3v) is 3.18. The highest BCUT2D eigenvalue weighted by atomic mass is 16.3. The van der Waals surface area contributed by atoms with E-state index >= 15 is 0 Å². The number of rotatable bonds is 2. The quantitative estimate of drug-likeness (QED) is 0.599. The average molecular weight is 249 g/mol. The van der Waals surface area contributed by atoms with E-state index in [0.29, 0.717) is 13.0 Å². The molecule has 2 N–H and O–H groups in total. The van der Waals surface area contributed by atoms with Crippen LogP contribution in [0.15, 0.2) is 18.2 Å². The summed E-state index contributed by atoms with van der Waals surface area (Å²) < 4.78 is 0. The van der Waals surface area contributed by atoms with Gasteiger partial charge in [-0.15, -0.1) is 0 Å². The molecule has 18 heavy (non-hydrogen) atoms. The molecule has 1 heterocycles. The molecule has 0 saturated carbocycles. The number of likely N-dealkylation sites (tertiary alicyclic amines) is 1. The minimum Gasteiger partial charge on any atom is -0.508 e. The lowest BCUT2D eigenvalue weighted by molar-refractivity contribution is -0.124. The molecule has 5 nitrogen and oxygen atoms in total. The van der Waals surface area contributed by atoms with Crippen LogP contribution in [0.2, 0.25) is 0 Å². The molecule has 2 rings (SSSR count). The lowest BCUT2D eigenvalue weighted by Crippen LogP contribution is -2.41. The lowest BCUT2D eigenvalue weighted by atomic mass is 9.87. The molecule has 0 amide bonds. The fourth-order valence-electron chi connectivity index (χ4n) is 2.16. The third-order valence-electron chi connectivity index (χ3n) is 3.18. The van der Waals surface area contributed by atoms with E-state index in [2.05, 4.69) is 0 Å². The zero-order valence-corrected chi connectivity index (χ0v) is 10.1. The zero-order valence-electron chi connectivity index (χ0n) is 10.1. The van der Waals surface area contributed by atoms with Crippen LogP contribution in [0, 0.1) is 5.92 Å². The van der Waals surface area contributed by atoms with Crippen LogP contribution in [0.3, 0.4) is 0 Å². The second-order valence-corrected chi connectivity index (χ2v) is 4.61. The number of nitrogens with zero attached hydrogens (tertiary/aromatic N) is 1. The summed E-state index contributed by atoms with van der Waals surface area (Å²) in [6.07, 6.45) is 0.467. The van der Waals surface area contributed by atoms with Gasteiger partial charge in [0, 0.05) is 6.07 Å². The molecule has 1 aliphatic heterocycles. The first kappa shape index (κ1) is 12.6. The molecule has 0 spiro atoms. The van der Waals surface area contributed by atoms with E-state index in [1.54, 1.807) is 0 Å². The summed E-state index contributed by atoms with van der Waals surface area (Å²) in [5.74, 6) is -1.58. The predicted molar refractivity (Wildman–Crippen MR) is 64.7 cm³/mol. The lowest BCUT2D eigenvalue weighted by Gasteiger charge is -2.26. The maximum atomic E-state index is 12.2. The zero-order chi connectivity index (χ0) is 13.3. The number of Topliss-reactive ketones (excluding diaryl/α,β-unsaturated/α-hetero) is 2. The number of hydrogen-bond acceptors (Lipinski definition) is 5. The molecule has 0 aromatic heterocycles. The highest BCUT2D eigenvalue weighted by Gasteiger charge is 2.32. The molecule has 0 radical (unpaired) electrons. The second kappa shape index (κ2) is 4.78. The first-order chi connectivity index (χ1) is 8.49.